The third-order valence-electron chi connectivity index (χ3n) is 6.22. The van der Waals surface area contributed by atoms with Crippen LogP contribution in [0, 0.1) is 5.82 Å². The second-order valence-corrected chi connectivity index (χ2v) is 8.31. The van der Waals surface area contributed by atoms with Gasteiger partial charge in [-0.1, -0.05) is 33.1 Å². The van der Waals surface area contributed by atoms with Gasteiger partial charge in [0.2, 0.25) is 0 Å². The third kappa shape index (κ3) is 5.44. The Labute approximate surface area is 169 Å². The van der Waals surface area contributed by atoms with Crippen molar-refractivity contribution in [3.63, 3.8) is 0 Å². The summed E-state index contributed by atoms with van der Waals surface area (Å²) in [6, 6.07) is 7.61. The molecular formula is C24H36FN3. The average Bonchev–Trinajstić information content (AvgIpc) is 2.71. The number of hydrogen-bond donors (Lipinski definition) is 1. The Bertz CT molecular complexity index is 751. The summed E-state index contributed by atoms with van der Waals surface area (Å²) in [5.74, 6) is 0.305. The molecule has 0 bridgehead atoms. The van der Waals surface area contributed by atoms with Crippen LogP contribution in [-0.4, -0.2) is 35.6 Å². The first-order valence-electron chi connectivity index (χ1n) is 11.2. The Morgan fingerprint density at radius 2 is 1.89 bits per heavy atom. The van der Waals surface area contributed by atoms with E-state index in [1.54, 1.807) is 12.1 Å². The molecule has 0 spiro atoms. The molecule has 1 unspecified atom stereocenters. The Hall–Kier alpha value is -1.68. The molecule has 2 aromatic rings. The quantitative estimate of drug-likeness (QED) is 0.545. The highest BCUT2D eigenvalue weighted by Crippen LogP contribution is 2.35. The normalized spacial score (nSPS) is 16.6. The fraction of sp³-hybridized carbons (Fsp3) is 0.625. The summed E-state index contributed by atoms with van der Waals surface area (Å²) in [6.45, 7) is 10.1. The van der Waals surface area contributed by atoms with Gasteiger partial charge in [-0.05, 0) is 70.4 Å². The summed E-state index contributed by atoms with van der Waals surface area (Å²) in [5, 5.41) is 4.74. The van der Waals surface area contributed by atoms with Crippen LogP contribution >= 0.6 is 0 Å². The largest absolute Gasteiger partial charge is 0.382 e. The van der Waals surface area contributed by atoms with Crippen molar-refractivity contribution in [1.29, 1.82) is 0 Å². The molecule has 1 aliphatic carbocycles. The van der Waals surface area contributed by atoms with E-state index >= 15 is 0 Å². The maximum absolute atomic E-state index is 13.8. The Morgan fingerprint density at radius 1 is 1.14 bits per heavy atom. The number of anilines is 1. The Morgan fingerprint density at radius 3 is 2.61 bits per heavy atom. The molecule has 1 atom stereocenters. The van der Waals surface area contributed by atoms with Gasteiger partial charge in [0.15, 0.2) is 0 Å². The van der Waals surface area contributed by atoms with E-state index in [1.165, 1.54) is 38.5 Å². The number of benzene rings is 1. The molecule has 154 valence electrons. The number of aromatic nitrogens is 1. The van der Waals surface area contributed by atoms with Gasteiger partial charge in [0, 0.05) is 34.8 Å². The van der Waals surface area contributed by atoms with Crippen LogP contribution in [0.15, 0.2) is 24.3 Å². The van der Waals surface area contributed by atoms with Gasteiger partial charge in [-0.2, -0.15) is 0 Å². The van der Waals surface area contributed by atoms with Crippen molar-refractivity contribution in [2.75, 3.05) is 25.0 Å². The fourth-order valence-electron chi connectivity index (χ4n) is 4.45. The van der Waals surface area contributed by atoms with Gasteiger partial charge in [-0.15, -0.1) is 0 Å². The molecule has 1 aromatic carbocycles. The Kier molecular flexibility index (Phi) is 7.66. The zero-order chi connectivity index (χ0) is 19.9. The van der Waals surface area contributed by atoms with Gasteiger partial charge in [0.05, 0.1) is 5.52 Å². The molecule has 0 amide bonds. The third-order valence-corrected chi connectivity index (χ3v) is 6.22. The van der Waals surface area contributed by atoms with E-state index in [0.29, 0.717) is 12.0 Å². The predicted molar refractivity (Wildman–Crippen MR) is 118 cm³/mol. The molecule has 28 heavy (non-hydrogen) atoms. The first-order valence-corrected chi connectivity index (χ1v) is 11.2. The molecule has 1 aromatic heterocycles. The zero-order valence-electron chi connectivity index (χ0n) is 17.8. The summed E-state index contributed by atoms with van der Waals surface area (Å²) in [4.78, 5) is 7.32. The molecule has 1 N–H and O–H groups in total. The minimum atomic E-state index is -0.209. The number of fused-ring (bicyclic) bond motifs is 1. The summed E-state index contributed by atoms with van der Waals surface area (Å²) in [5.41, 5.74) is 3.03. The standard InChI is InChI=1S/C24H36FN3/c1-4-28(5-2)15-9-10-18(3)26-24-17-22(19-11-7-6-8-12-19)27-23-16-20(25)13-14-21(23)24/h13-14,16-19H,4-12,15H2,1-3H3,(H,26,27). The van der Waals surface area contributed by atoms with Crippen molar-refractivity contribution in [3.8, 4) is 0 Å². The number of hydrogen-bond acceptors (Lipinski definition) is 3. The minimum Gasteiger partial charge on any atom is -0.382 e. The van der Waals surface area contributed by atoms with Crippen LogP contribution in [0.1, 0.15) is 77.3 Å². The highest BCUT2D eigenvalue weighted by Gasteiger charge is 2.19. The lowest BCUT2D eigenvalue weighted by atomic mass is 9.86. The number of nitrogens with one attached hydrogen (secondary N) is 1. The van der Waals surface area contributed by atoms with E-state index in [9.17, 15) is 4.39 Å². The van der Waals surface area contributed by atoms with Crippen LogP contribution in [0.4, 0.5) is 10.1 Å². The number of rotatable bonds is 9. The summed E-state index contributed by atoms with van der Waals surface area (Å²) in [6.07, 6.45) is 8.59. The number of halogens is 1. The van der Waals surface area contributed by atoms with Crippen molar-refractivity contribution < 1.29 is 4.39 Å². The highest BCUT2D eigenvalue weighted by molar-refractivity contribution is 5.91. The van der Waals surface area contributed by atoms with Crippen LogP contribution in [0.25, 0.3) is 10.9 Å². The molecule has 1 aliphatic rings. The number of pyridine rings is 1. The molecule has 3 rings (SSSR count). The molecule has 0 saturated heterocycles. The summed E-state index contributed by atoms with van der Waals surface area (Å²) >= 11 is 0. The van der Waals surface area contributed by atoms with Crippen LogP contribution in [0.2, 0.25) is 0 Å². The first kappa shape index (κ1) is 21.0. The molecule has 0 aliphatic heterocycles. The highest BCUT2D eigenvalue weighted by atomic mass is 19.1. The lowest BCUT2D eigenvalue weighted by Crippen LogP contribution is -2.25. The van der Waals surface area contributed by atoms with Crippen molar-refractivity contribution in [3.05, 3.63) is 35.8 Å². The summed E-state index contributed by atoms with van der Waals surface area (Å²) < 4.78 is 13.8. The zero-order valence-corrected chi connectivity index (χ0v) is 17.8. The maximum atomic E-state index is 13.8. The lowest BCUT2D eigenvalue weighted by Gasteiger charge is -2.24. The number of nitrogens with zero attached hydrogens (tertiary/aromatic N) is 2. The second kappa shape index (κ2) is 10.2. The lowest BCUT2D eigenvalue weighted by molar-refractivity contribution is 0.295. The predicted octanol–water partition coefficient (Wildman–Crippen LogP) is 6.34. The molecule has 3 nitrogen and oxygen atoms in total. The van der Waals surface area contributed by atoms with Crippen molar-refractivity contribution in [1.82, 2.24) is 9.88 Å². The monoisotopic (exact) mass is 385 g/mol. The van der Waals surface area contributed by atoms with Gasteiger partial charge < -0.3 is 10.2 Å². The van der Waals surface area contributed by atoms with Crippen molar-refractivity contribution in [2.45, 2.75) is 77.7 Å². The second-order valence-electron chi connectivity index (χ2n) is 8.31. The molecule has 1 fully saturated rings. The van der Waals surface area contributed by atoms with E-state index in [-0.39, 0.29) is 5.82 Å². The van der Waals surface area contributed by atoms with E-state index in [4.69, 9.17) is 4.98 Å². The van der Waals surface area contributed by atoms with Crippen LogP contribution in [0.3, 0.4) is 0 Å². The maximum Gasteiger partial charge on any atom is 0.125 e. The van der Waals surface area contributed by atoms with Gasteiger partial charge in [-0.3, -0.25) is 4.98 Å². The van der Waals surface area contributed by atoms with Crippen LogP contribution in [-0.2, 0) is 0 Å². The summed E-state index contributed by atoms with van der Waals surface area (Å²) in [7, 11) is 0. The van der Waals surface area contributed by atoms with Crippen molar-refractivity contribution >= 4 is 16.6 Å². The van der Waals surface area contributed by atoms with Gasteiger partial charge >= 0.3 is 0 Å². The molecule has 0 radical (unpaired) electrons. The van der Waals surface area contributed by atoms with Crippen LogP contribution in [0.5, 0.6) is 0 Å². The van der Waals surface area contributed by atoms with Crippen molar-refractivity contribution in [2.24, 2.45) is 0 Å². The van der Waals surface area contributed by atoms with Gasteiger partial charge in [-0.25, -0.2) is 4.39 Å². The topological polar surface area (TPSA) is 28.2 Å². The first-order chi connectivity index (χ1) is 13.6. The van der Waals surface area contributed by atoms with E-state index in [0.717, 1.165) is 48.3 Å². The minimum absolute atomic E-state index is 0.209. The molecular weight excluding hydrogens is 349 g/mol. The van der Waals surface area contributed by atoms with E-state index in [1.807, 2.05) is 6.07 Å². The molecule has 4 heteroatoms. The average molecular weight is 386 g/mol. The SMILES string of the molecule is CCN(CC)CCCC(C)Nc1cc(C2CCCCC2)nc2cc(F)ccc12. The van der Waals surface area contributed by atoms with Crippen LogP contribution < -0.4 is 5.32 Å². The van der Waals surface area contributed by atoms with E-state index < -0.39 is 0 Å². The smallest absolute Gasteiger partial charge is 0.125 e. The van der Waals surface area contributed by atoms with Gasteiger partial charge in [0.25, 0.3) is 0 Å². The molecule has 1 saturated carbocycles. The fourth-order valence-corrected chi connectivity index (χ4v) is 4.45. The molecule has 1 heterocycles. The van der Waals surface area contributed by atoms with Gasteiger partial charge in [0.1, 0.15) is 5.82 Å². The Balaban J connectivity index is 1.76. The van der Waals surface area contributed by atoms with E-state index in [2.05, 4.69) is 37.1 Å².